The average Bonchev–Trinajstić information content (AvgIpc) is 2.74. The highest BCUT2D eigenvalue weighted by atomic mass is 79.9. The summed E-state index contributed by atoms with van der Waals surface area (Å²) in [5.74, 6) is 0. The quantitative estimate of drug-likeness (QED) is 0.806. The Bertz CT molecular complexity index is 401. The largest absolute Gasteiger partial charge is 0.384 e. The Morgan fingerprint density at radius 2 is 2.20 bits per heavy atom. The fourth-order valence-corrected chi connectivity index (χ4v) is 2.51. The van der Waals surface area contributed by atoms with Crippen LogP contribution in [0.3, 0.4) is 0 Å². The van der Waals surface area contributed by atoms with Crippen LogP contribution in [0.1, 0.15) is 30.9 Å². The van der Waals surface area contributed by atoms with Crippen LogP contribution in [0.25, 0.3) is 0 Å². The van der Waals surface area contributed by atoms with Crippen molar-refractivity contribution in [3.05, 3.63) is 44.9 Å². The van der Waals surface area contributed by atoms with Crippen molar-refractivity contribution in [3.63, 3.8) is 0 Å². The first-order valence-corrected chi connectivity index (χ1v) is 6.17. The molecule has 0 fully saturated rings. The number of benzene rings is 1. The molecule has 0 amide bonds. The predicted octanol–water partition coefficient (Wildman–Crippen LogP) is 4.25. The van der Waals surface area contributed by atoms with Crippen molar-refractivity contribution in [2.24, 2.45) is 0 Å². The topological polar surface area (TPSA) is 20.2 Å². The SMILES string of the molecule is OC(C1=CCCC1)c1cc(Cl)ccc1Br. The summed E-state index contributed by atoms with van der Waals surface area (Å²) < 4.78 is 0.909. The normalized spacial score (nSPS) is 17.7. The Balaban J connectivity index is 2.31. The van der Waals surface area contributed by atoms with Gasteiger partial charge < -0.3 is 5.11 Å². The summed E-state index contributed by atoms with van der Waals surface area (Å²) in [5.41, 5.74) is 1.97. The van der Waals surface area contributed by atoms with Gasteiger partial charge in [-0.3, -0.25) is 0 Å². The highest BCUT2D eigenvalue weighted by Gasteiger charge is 2.18. The minimum Gasteiger partial charge on any atom is -0.384 e. The molecule has 1 N–H and O–H groups in total. The van der Waals surface area contributed by atoms with E-state index in [4.69, 9.17) is 11.6 Å². The minimum atomic E-state index is -0.513. The van der Waals surface area contributed by atoms with Gasteiger partial charge in [0, 0.05) is 15.1 Å². The molecule has 0 spiro atoms. The number of halogens is 2. The van der Waals surface area contributed by atoms with Gasteiger partial charge in [0.25, 0.3) is 0 Å². The summed E-state index contributed by atoms with van der Waals surface area (Å²) >= 11 is 9.35. The van der Waals surface area contributed by atoms with E-state index in [1.54, 1.807) is 0 Å². The van der Waals surface area contributed by atoms with Gasteiger partial charge in [-0.25, -0.2) is 0 Å². The van der Waals surface area contributed by atoms with Crippen molar-refractivity contribution < 1.29 is 5.11 Å². The fourth-order valence-electron chi connectivity index (χ4n) is 1.87. The van der Waals surface area contributed by atoms with E-state index in [0.717, 1.165) is 34.9 Å². The maximum Gasteiger partial charge on any atom is 0.101 e. The van der Waals surface area contributed by atoms with Gasteiger partial charge in [-0.05, 0) is 43.0 Å². The molecule has 1 aliphatic rings. The molecule has 15 heavy (non-hydrogen) atoms. The second-order valence-corrected chi connectivity index (χ2v) is 5.03. The van der Waals surface area contributed by atoms with E-state index in [1.807, 2.05) is 18.2 Å². The molecule has 0 bridgehead atoms. The summed E-state index contributed by atoms with van der Waals surface area (Å²) in [6.45, 7) is 0. The lowest BCUT2D eigenvalue weighted by Gasteiger charge is -2.14. The van der Waals surface area contributed by atoms with E-state index in [-0.39, 0.29) is 0 Å². The number of aliphatic hydroxyl groups is 1. The molecule has 0 saturated heterocycles. The van der Waals surface area contributed by atoms with Crippen molar-refractivity contribution in [3.8, 4) is 0 Å². The van der Waals surface area contributed by atoms with Crippen molar-refractivity contribution in [2.45, 2.75) is 25.4 Å². The van der Waals surface area contributed by atoms with Crippen molar-refractivity contribution in [1.29, 1.82) is 0 Å². The second kappa shape index (κ2) is 4.69. The van der Waals surface area contributed by atoms with Crippen molar-refractivity contribution in [2.75, 3.05) is 0 Å². The first-order valence-electron chi connectivity index (χ1n) is 5.00. The minimum absolute atomic E-state index is 0.513. The van der Waals surface area contributed by atoms with Crippen molar-refractivity contribution in [1.82, 2.24) is 0 Å². The van der Waals surface area contributed by atoms with Gasteiger partial charge in [0.05, 0.1) is 0 Å². The van der Waals surface area contributed by atoms with Crippen LogP contribution in [-0.2, 0) is 0 Å². The Hall–Kier alpha value is -0.310. The van der Waals surface area contributed by atoms with Crippen LogP contribution >= 0.6 is 27.5 Å². The molecule has 80 valence electrons. The van der Waals surface area contributed by atoms with Gasteiger partial charge in [-0.15, -0.1) is 0 Å². The zero-order valence-electron chi connectivity index (χ0n) is 8.21. The number of aliphatic hydroxyl groups excluding tert-OH is 1. The molecule has 0 radical (unpaired) electrons. The van der Waals surface area contributed by atoms with E-state index in [1.165, 1.54) is 0 Å². The average molecular weight is 288 g/mol. The van der Waals surface area contributed by atoms with Crippen LogP contribution in [0.15, 0.2) is 34.3 Å². The molecular weight excluding hydrogens is 275 g/mol. The number of hydrogen-bond acceptors (Lipinski definition) is 1. The number of rotatable bonds is 2. The third kappa shape index (κ3) is 2.44. The molecule has 0 heterocycles. The highest BCUT2D eigenvalue weighted by Crippen LogP contribution is 2.35. The second-order valence-electron chi connectivity index (χ2n) is 3.74. The van der Waals surface area contributed by atoms with Crippen LogP contribution in [0.4, 0.5) is 0 Å². The van der Waals surface area contributed by atoms with E-state index < -0.39 is 6.10 Å². The smallest absolute Gasteiger partial charge is 0.101 e. The van der Waals surface area contributed by atoms with Crippen molar-refractivity contribution >= 4 is 27.5 Å². The standard InChI is InChI=1S/C12H12BrClO/c13-11-6-5-9(14)7-10(11)12(15)8-3-1-2-4-8/h3,5-7,12,15H,1-2,4H2. The Kier molecular flexibility index (Phi) is 3.49. The van der Waals surface area contributed by atoms with Gasteiger partial charge in [0.15, 0.2) is 0 Å². The Morgan fingerprint density at radius 1 is 1.40 bits per heavy atom. The van der Waals surface area contributed by atoms with E-state index in [0.29, 0.717) is 5.02 Å². The van der Waals surface area contributed by atoms with E-state index in [9.17, 15) is 5.11 Å². The van der Waals surface area contributed by atoms with E-state index >= 15 is 0 Å². The molecule has 2 rings (SSSR count). The fraction of sp³-hybridized carbons (Fsp3) is 0.333. The summed E-state index contributed by atoms with van der Waals surface area (Å²) in [6, 6.07) is 5.50. The van der Waals surface area contributed by atoms with E-state index in [2.05, 4.69) is 22.0 Å². The third-order valence-electron chi connectivity index (χ3n) is 2.68. The zero-order valence-corrected chi connectivity index (χ0v) is 10.6. The maximum atomic E-state index is 10.2. The molecule has 0 aromatic heterocycles. The molecule has 1 unspecified atom stereocenters. The number of allylic oxidation sites excluding steroid dienone is 1. The third-order valence-corrected chi connectivity index (χ3v) is 3.64. The van der Waals surface area contributed by atoms with Crippen LogP contribution in [0.2, 0.25) is 5.02 Å². The van der Waals surface area contributed by atoms with Gasteiger partial charge >= 0.3 is 0 Å². The molecule has 1 aromatic carbocycles. The lowest BCUT2D eigenvalue weighted by molar-refractivity contribution is 0.212. The van der Waals surface area contributed by atoms with Crippen LogP contribution in [-0.4, -0.2) is 5.11 Å². The van der Waals surface area contributed by atoms with Gasteiger partial charge in [-0.1, -0.05) is 33.6 Å². The summed E-state index contributed by atoms with van der Waals surface area (Å²) in [7, 11) is 0. The maximum absolute atomic E-state index is 10.2. The molecule has 1 nitrogen and oxygen atoms in total. The molecule has 1 atom stereocenters. The Labute approximate surface area is 103 Å². The highest BCUT2D eigenvalue weighted by molar-refractivity contribution is 9.10. The van der Waals surface area contributed by atoms with Gasteiger partial charge in [-0.2, -0.15) is 0 Å². The van der Waals surface area contributed by atoms with Gasteiger partial charge in [0.1, 0.15) is 6.10 Å². The Morgan fingerprint density at radius 3 is 2.87 bits per heavy atom. The summed E-state index contributed by atoms with van der Waals surface area (Å²) in [5, 5.41) is 10.8. The monoisotopic (exact) mass is 286 g/mol. The summed E-state index contributed by atoms with van der Waals surface area (Å²) in [6.07, 6.45) is 4.81. The number of hydrogen-bond donors (Lipinski definition) is 1. The molecule has 0 saturated carbocycles. The van der Waals surface area contributed by atoms with Crippen LogP contribution < -0.4 is 0 Å². The van der Waals surface area contributed by atoms with Crippen LogP contribution in [0.5, 0.6) is 0 Å². The zero-order chi connectivity index (χ0) is 10.8. The first kappa shape index (κ1) is 11.2. The predicted molar refractivity (Wildman–Crippen MR) is 66.0 cm³/mol. The van der Waals surface area contributed by atoms with Crippen LogP contribution in [0, 0.1) is 0 Å². The first-order chi connectivity index (χ1) is 7.18. The lowest BCUT2D eigenvalue weighted by atomic mass is 10.0. The lowest BCUT2D eigenvalue weighted by Crippen LogP contribution is -2.00. The molecule has 3 heteroatoms. The molecule has 1 aliphatic carbocycles. The van der Waals surface area contributed by atoms with Gasteiger partial charge in [0.2, 0.25) is 0 Å². The molecule has 1 aromatic rings. The molecule has 0 aliphatic heterocycles. The molecular formula is C12H12BrClO. The summed E-state index contributed by atoms with van der Waals surface area (Å²) in [4.78, 5) is 0.